The van der Waals surface area contributed by atoms with Crippen LogP contribution in [0.25, 0.3) is 0 Å². The van der Waals surface area contributed by atoms with Crippen molar-refractivity contribution in [1.29, 1.82) is 0 Å². The smallest absolute Gasteiger partial charge is 0.0368 e. The fraction of sp³-hybridized carbons (Fsp3) is 0.400. The van der Waals surface area contributed by atoms with E-state index < -0.39 is 0 Å². The molecule has 0 bridgehead atoms. The van der Waals surface area contributed by atoms with Crippen LogP contribution in [0, 0.1) is 6.92 Å². The van der Waals surface area contributed by atoms with Crippen molar-refractivity contribution in [2.75, 3.05) is 25.0 Å². The molecule has 1 fully saturated rings. The van der Waals surface area contributed by atoms with E-state index in [0.717, 1.165) is 6.54 Å². The molecule has 1 saturated heterocycles. The van der Waals surface area contributed by atoms with Crippen LogP contribution >= 0.6 is 24.8 Å². The van der Waals surface area contributed by atoms with Gasteiger partial charge in [0.25, 0.3) is 0 Å². The minimum atomic E-state index is 0. The quantitative estimate of drug-likeness (QED) is 0.755. The monoisotopic (exact) mass is 366 g/mol. The Balaban J connectivity index is 0.00000144. The third-order valence-electron chi connectivity index (χ3n) is 4.76. The van der Waals surface area contributed by atoms with Gasteiger partial charge in [0.1, 0.15) is 0 Å². The topological polar surface area (TPSA) is 6.48 Å². The minimum Gasteiger partial charge on any atom is -0.372 e. The van der Waals surface area contributed by atoms with Crippen LogP contribution in [0.4, 0.5) is 5.69 Å². The molecule has 132 valence electrons. The van der Waals surface area contributed by atoms with E-state index in [9.17, 15) is 0 Å². The Labute approximate surface area is 158 Å². The van der Waals surface area contributed by atoms with Crippen molar-refractivity contribution in [2.45, 2.75) is 32.4 Å². The van der Waals surface area contributed by atoms with Gasteiger partial charge >= 0.3 is 0 Å². The molecule has 2 aromatic rings. The average Bonchev–Trinajstić information content (AvgIpc) is 2.56. The van der Waals surface area contributed by atoms with E-state index in [-0.39, 0.29) is 24.8 Å². The van der Waals surface area contributed by atoms with Crippen molar-refractivity contribution in [3.8, 4) is 0 Å². The zero-order chi connectivity index (χ0) is 15.4. The van der Waals surface area contributed by atoms with Crippen molar-refractivity contribution in [1.82, 2.24) is 4.90 Å². The van der Waals surface area contributed by atoms with Gasteiger partial charge < -0.3 is 4.90 Å². The van der Waals surface area contributed by atoms with Gasteiger partial charge in [-0.25, -0.2) is 0 Å². The Kier molecular flexibility index (Phi) is 8.61. The molecule has 0 aromatic heterocycles. The van der Waals surface area contributed by atoms with E-state index in [1.54, 1.807) is 0 Å². The largest absolute Gasteiger partial charge is 0.372 e. The molecule has 3 rings (SSSR count). The number of anilines is 1. The molecule has 4 heteroatoms. The van der Waals surface area contributed by atoms with Gasteiger partial charge in [-0.05, 0) is 43.0 Å². The lowest BCUT2D eigenvalue weighted by molar-refractivity contribution is 0.203. The van der Waals surface area contributed by atoms with Gasteiger partial charge in [-0.2, -0.15) is 0 Å². The van der Waals surface area contributed by atoms with Crippen LogP contribution in [0.5, 0.6) is 0 Å². The van der Waals surface area contributed by atoms with E-state index in [0.29, 0.717) is 6.04 Å². The van der Waals surface area contributed by atoms with Crippen LogP contribution in [-0.2, 0) is 6.54 Å². The summed E-state index contributed by atoms with van der Waals surface area (Å²) in [5.41, 5.74) is 4.11. The summed E-state index contributed by atoms with van der Waals surface area (Å²) >= 11 is 0. The van der Waals surface area contributed by atoms with Crippen molar-refractivity contribution in [3.63, 3.8) is 0 Å². The molecule has 0 aliphatic carbocycles. The summed E-state index contributed by atoms with van der Waals surface area (Å²) in [5.74, 6) is 0. The number of benzene rings is 2. The van der Waals surface area contributed by atoms with Crippen LogP contribution in [0.2, 0.25) is 0 Å². The van der Waals surface area contributed by atoms with Gasteiger partial charge in [0.2, 0.25) is 0 Å². The van der Waals surface area contributed by atoms with Crippen molar-refractivity contribution < 1.29 is 0 Å². The van der Waals surface area contributed by atoms with Gasteiger partial charge in [0.15, 0.2) is 0 Å². The molecule has 1 aliphatic rings. The number of aryl methyl sites for hydroxylation is 1. The van der Waals surface area contributed by atoms with E-state index in [1.165, 1.54) is 42.7 Å². The molecule has 0 spiro atoms. The zero-order valence-electron chi connectivity index (χ0n) is 14.5. The van der Waals surface area contributed by atoms with E-state index >= 15 is 0 Å². The van der Waals surface area contributed by atoms with E-state index in [2.05, 4.69) is 78.4 Å². The highest BCUT2D eigenvalue weighted by Crippen LogP contribution is 2.23. The molecular formula is C20H28Cl2N2. The number of hydrogen-bond donors (Lipinski definition) is 0. The second-order valence-electron chi connectivity index (χ2n) is 6.44. The maximum atomic E-state index is 2.58. The molecule has 0 amide bonds. The number of halogens is 2. The SMILES string of the molecule is Cc1cccc(N(C)C2CCN(Cc3ccccc3)CC2)c1.Cl.Cl. The van der Waals surface area contributed by atoms with Crippen LogP contribution in [0.15, 0.2) is 54.6 Å². The molecule has 0 N–H and O–H groups in total. The predicted molar refractivity (Wildman–Crippen MR) is 109 cm³/mol. The molecule has 1 heterocycles. The Hall–Kier alpha value is -1.22. The second kappa shape index (κ2) is 9.93. The third-order valence-corrected chi connectivity index (χ3v) is 4.76. The molecule has 24 heavy (non-hydrogen) atoms. The van der Waals surface area contributed by atoms with Crippen LogP contribution in [0.3, 0.4) is 0 Å². The first kappa shape index (κ1) is 20.8. The maximum Gasteiger partial charge on any atom is 0.0368 e. The van der Waals surface area contributed by atoms with Crippen LogP contribution in [-0.4, -0.2) is 31.1 Å². The summed E-state index contributed by atoms with van der Waals surface area (Å²) in [5, 5.41) is 0. The Morgan fingerprint density at radius 2 is 1.62 bits per heavy atom. The first-order valence-electron chi connectivity index (χ1n) is 8.28. The second-order valence-corrected chi connectivity index (χ2v) is 6.44. The summed E-state index contributed by atoms with van der Waals surface area (Å²) < 4.78 is 0. The lowest BCUT2D eigenvalue weighted by Gasteiger charge is -2.38. The van der Waals surface area contributed by atoms with E-state index in [1.807, 2.05) is 0 Å². The lowest BCUT2D eigenvalue weighted by atomic mass is 10.0. The lowest BCUT2D eigenvalue weighted by Crippen LogP contribution is -2.43. The standard InChI is InChI=1S/C20H26N2.2ClH/c1-17-7-6-10-20(15-17)21(2)19-11-13-22(14-12-19)16-18-8-4-3-5-9-18;;/h3-10,15,19H,11-14,16H2,1-2H3;2*1H. The summed E-state index contributed by atoms with van der Waals surface area (Å²) in [6.07, 6.45) is 2.49. The van der Waals surface area contributed by atoms with Gasteiger partial charge in [0, 0.05) is 38.4 Å². The number of likely N-dealkylation sites (tertiary alicyclic amines) is 1. The molecule has 2 aromatic carbocycles. The third kappa shape index (κ3) is 5.41. The van der Waals surface area contributed by atoms with Crippen molar-refractivity contribution in [2.24, 2.45) is 0 Å². The molecule has 1 aliphatic heterocycles. The molecular weight excluding hydrogens is 339 g/mol. The zero-order valence-corrected chi connectivity index (χ0v) is 16.2. The highest BCUT2D eigenvalue weighted by molar-refractivity contribution is 5.85. The number of piperidine rings is 1. The minimum absolute atomic E-state index is 0. The molecule has 0 radical (unpaired) electrons. The Morgan fingerprint density at radius 1 is 0.958 bits per heavy atom. The molecule has 0 unspecified atom stereocenters. The van der Waals surface area contributed by atoms with Gasteiger partial charge in [0.05, 0.1) is 0 Å². The summed E-state index contributed by atoms with van der Waals surface area (Å²) in [7, 11) is 2.24. The Bertz CT molecular complexity index is 596. The number of rotatable bonds is 4. The molecule has 2 nitrogen and oxygen atoms in total. The average molecular weight is 367 g/mol. The fourth-order valence-corrected chi connectivity index (χ4v) is 3.36. The number of hydrogen-bond acceptors (Lipinski definition) is 2. The highest BCUT2D eigenvalue weighted by atomic mass is 35.5. The van der Waals surface area contributed by atoms with Crippen molar-refractivity contribution in [3.05, 3.63) is 65.7 Å². The summed E-state index contributed by atoms with van der Waals surface area (Å²) in [4.78, 5) is 5.04. The number of nitrogens with zero attached hydrogens (tertiary/aromatic N) is 2. The first-order valence-corrected chi connectivity index (χ1v) is 8.28. The predicted octanol–water partition coefficient (Wildman–Crippen LogP) is 4.94. The fourth-order valence-electron chi connectivity index (χ4n) is 3.36. The van der Waals surface area contributed by atoms with Gasteiger partial charge in [-0.15, -0.1) is 24.8 Å². The first-order chi connectivity index (χ1) is 10.7. The van der Waals surface area contributed by atoms with Gasteiger partial charge in [-0.3, -0.25) is 4.90 Å². The summed E-state index contributed by atoms with van der Waals surface area (Å²) in [6.45, 7) is 5.63. The summed E-state index contributed by atoms with van der Waals surface area (Å²) in [6, 6.07) is 20.3. The maximum absolute atomic E-state index is 2.58. The highest BCUT2D eigenvalue weighted by Gasteiger charge is 2.22. The normalized spacial score (nSPS) is 15.2. The van der Waals surface area contributed by atoms with Crippen molar-refractivity contribution >= 4 is 30.5 Å². The van der Waals surface area contributed by atoms with Gasteiger partial charge in [-0.1, -0.05) is 42.5 Å². The van der Waals surface area contributed by atoms with Crippen LogP contribution in [0.1, 0.15) is 24.0 Å². The van der Waals surface area contributed by atoms with Crippen LogP contribution < -0.4 is 4.90 Å². The molecule has 0 saturated carbocycles. The Morgan fingerprint density at radius 3 is 2.25 bits per heavy atom. The van der Waals surface area contributed by atoms with E-state index in [4.69, 9.17) is 0 Å². The molecule has 0 atom stereocenters.